The van der Waals surface area contributed by atoms with Gasteiger partial charge in [-0.25, -0.2) is 0 Å². The van der Waals surface area contributed by atoms with E-state index in [2.05, 4.69) is 11.9 Å². The molecule has 1 aromatic carbocycles. The van der Waals surface area contributed by atoms with Gasteiger partial charge in [0.1, 0.15) is 11.5 Å². The van der Waals surface area contributed by atoms with Crippen LogP contribution in [-0.2, 0) is 4.79 Å². The van der Waals surface area contributed by atoms with E-state index in [1.54, 1.807) is 25.3 Å². The first-order valence-corrected chi connectivity index (χ1v) is 5.40. The zero-order valence-corrected chi connectivity index (χ0v) is 9.94. The van der Waals surface area contributed by atoms with E-state index >= 15 is 0 Å². The van der Waals surface area contributed by atoms with Crippen molar-refractivity contribution in [3.8, 4) is 11.5 Å². The molecule has 0 aromatic heterocycles. The average molecular weight is 235 g/mol. The molecule has 0 atom stereocenters. The summed E-state index contributed by atoms with van der Waals surface area (Å²) in [6.45, 7) is 4.36. The minimum Gasteiger partial charge on any atom is -0.497 e. The standard InChI is InChI=1S/C13H17NO3/c1-3-9-14-13(15)8-10-17-12-6-4-11(16-2)5-7-12/h3-7H,1,8-10H2,2H3,(H,14,15). The molecule has 1 amide bonds. The summed E-state index contributed by atoms with van der Waals surface area (Å²) in [6, 6.07) is 7.24. The molecule has 0 unspecified atom stereocenters. The van der Waals surface area contributed by atoms with Crippen molar-refractivity contribution in [2.45, 2.75) is 6.42 Å². The lowest BCUT2D eigenvalue weighted by molar-refractivity contribution is -0.121. The van der Waals surface area contributed by atoms with Crippen molar-refractivity contribution in [3.05, 3.63) is 36.9 Å². The van der Waals surface area contributed by atoms with E-state index < -0.39 is 0 Å². The van der Waals surface area contributed by atoms with E-state index in [1.807, 2.05) is 12.1 Å². The van der Waals surface area contributed by atoms with Crippen LogP contribution in [-0.4, -0.2) is 26.2 Å². The van der Waals surface area contributed by atoms with Gasteiger partial charge in [-0.2, -0.15) is 0 Å². The van der Waals surface area contributed by atoms with Gasteiger partial charge >= 0.3 is 0 Å². The van der Waals surface area contributed by atoms with Gasteiger partial charge in [-0.1, -0.05) is 6.08 Å². The van der Waals surface area contributed by atoms with Crippen molar-refractivity contribution < 1.29 is 14.3 Å². The number of carbonyl (C=O) groups is 1. The number of nitrogens with one attached hydrogen (secondary N) is 1. The van der Waals surface area contributed by atoms with E-state index in [-0.39, 0.29) is 5.91 Å². The van der Waals surface area contributed by atoms with Gasteiger partial charge in [0.05, 0.1) is 20.1 Å². The lowest BCUT2D eigenvalue weighted by atomic mass is 10.3. The first-order chi connectivity index (χ1) is 8.26. The molecular formula is C13H17NO3. The van der Waals surface area contributed by atoms with Crippen LogP contribution in [0.1, 0.15) is 6.42 Å². The molecule has 0 aliphatic heterocycles. The van der Waals surface area contributed by atoms with Crippen LogP contribution in [0, 0.1) is 0 Å². The fourth-order valence-corrected chi connectivity index (χ4v) is 1.21. The van der Waals surface area contributed by atoms with Crippen LogP contribution in [0.3, 0.4) is 0 Å². The maximum absolute atomic E-state index is 11.2. The Morgan fingerprint density at radius 3 is 2.59 bits per heavy atom. The number of methoxy groups -OCH3 is 1. The number of rotatable bonds is 7. The Balaban J connectivity index is 2.25. The fraction of sp³-hybridized carbons (Fsp3) is 0.308. The molecule has 0 fully saturated rings. The molecule has 0 radical (unpaired) electrons. The number of carbonyl (C=O) groups excluding carboxylic acids is 1. The van der Waals surface area contributed by atoms with Gasteiger partial charge in [0.15, 0.2) is 0 Å². The van der Waals surface area contributed by atoms with Crippen molar-refractivity contribution in [1.82, 2.24) is 5.32 Å². The summed E-state index contributed by atoms with van der Waals surface area (Å²) in [4.78, 5) is 11.2. The SMILES string of the molecule is C=CCNC(=O)CCOc1ccc(OC)cc1. The molecule has 92 valence electrons. The monoisotopic (exact) mass is 235 g/mol. The Labute approximate surface area is 101 Å². The van der Waals surface area contributed by atoms with Crippen LogP contribution in [0.4, 0.5) is 0 Å². The predicted molar refractivity (Wildman–Crippen MR) is 66.3 cm³/mol. The molecule has 0 aliphatic rings. The summed E-state index contributed by atoms with van der Waals surface area (Å²) in [6.07, 6.45) is 1.97. The minimum absolute atomic E-state index is 0.0431. The zero-order valence-electron chi connectivity index (χ0n) is 9.94. The molecule has 0 spiro atoms. The molecule has 0 bridgehead atoms. The molecule has 0 saturated heterocycles. The minimum atomic E-state index is -0.0431. The van der Waals surface area contributed by atoms with E-state index in [4.69, 9.17) is 9.47 Å². The van der Waals surface area contributed by atoms with Gasteiger partial charge in [0.25, 0.3) is 0 Å². The predicted octanol–water partition coefficient (Wildman–Crippen LogP) is 1.77. The molecule has 0 saturated carbocycles. The highest BCUT2D eigenvalue weighted by Crippen LogP contribution is 2.16. The Kier molecular flexibility index (Phi) is 5.64. The lowest BCUT2D eigenvalue weighted by Gasteiger charge is -2.07. The molecule has 0 heterocycles. The summed E-state index contributed by atoms with van der Waals surface area (Å²) >= 11 is 0. The zero-order chi connectivity index (χ0) is 12.5. The lowest BCUT2D eigenvalue weighted by Crippen LogP contribution is -2.24. The van der Waals surface area contributed by atoms with Crippen LogP contribution in [0.5, 0.6) is 11.5 Å². The molecule has 17 heavy (non-hydrogen) atoms. The first-order valence-electron chi connectivity index (χ1n) is 5.40. The van der Waals surface area contributed by atoms with Crippen LogP contribution in [0.2, 0.25) is 0 Å². The topological polar surface area (TPSA) is 47.6 Å². The van der Waals surface area contributed by atoms with Crippen LogP contribution in [0.15, 0.2) is 36.9 Å². The largest absolute Gasteiger partial charge is 0.497 e. The Morgan fingerprint density at radius 2 is 2.00 bits per heavy atom. The third-order valence-electron chi connectivity index (χ3n) is 2.10. The summed E-state index contributed by atoms with van der Waals surface area (Å²) in [7, 11) is 1.61. The molecule has 4 nitrogen and oxygen atoms in total. The van der Waals surface area contributed by atoms with Crippen molar-refractivity contribution in [2.75, 3.05) is 20.3 Å². The molecule has 1 rings (SSSR count). The third-order valence-corrected chi connectivity index (χ3v) is 2.10. The van der Waals surface area contributed by atoms with Crippen molar-refractivity contribution in [3.63, 3.8) is 0 Å². The van der Waals surface area contributed by atoms with Gasteiger partial charge in [-0.15, -0.1) is 6.58 Å². The number of hydrogen-bond acceptors (Lipinski definition) is 3. The third kappa shape index (κ3) is 5.06. The fourth-order valence-electron chi connectivity index (χ4n) is 1.21. The molecule has 0 aliphatic carbocycles. The van der Waals surface area contributed by atoms with Gasteiger partial charge < -0.3 is 14.8 Å². The highest BCUT2D eigenvalue weighted by Gasteiger charge is 2.00. The summed E-state index contributed by atoms with van der Waals surface area (Å²) in [5, 5.41) is 2.68. The second-order valence-electron chi connectivity index (χ2n) is 3.37. The van der Waals surface area contributed by atoms with Crippen LogP contribution in [0.25, 0.3) is 0 Å². The van der Waals surface area contributed by atoms with Crippen LogP contribution >= 0.6 is 0 Å². The maximum Gasteiger partial charge on any atom is 0.223 e. The summed E-state index contributed by atoms with van der Waals surface area (Å²) < 4.78 is 10.4. The van der Waals surface area contributed by atoms with Gasteiger partial charge in [0.2, 0.25) is 5.91 Å². The average Bonchev–Trinajstić information content (AvgIpc) is 2.37. The highest BCUT2D eigenvalue weighted by molar-refractivity contribution is 5.76. The highest BCUT2D eigenvalue weighted by atomic mass is 16.5. The maximum atomic E-state index is 11.2. The molecule has 1 N–H and O–H groups in total. The second kappa shape index (κ2) is 7.33. The van der Waals surface area contributed by atoms with Crippen molar-refractivity contribution >= 4 is 5.91 Å². The molecule has 4 heteroatoms. The molecular weight excluding hydrogens is 218 g/mol. The Hall–Kier alpha value is -1.97. The van der Waals surface area contributed by atoms with E-state index in [0.29, 0.717) is 19.6 Å². The quantitative estimate of drug-likeness (QED) is 0.733. The normalized spacial score (nSPS) is 9.47. The summed E-state index contributed by atoms with van der Waals surface area (Å²) in [5.74, 6) is 1.46. The van der Waals surface area contributed by atoms with Crippen molar-refractivity contribution in [1.29, 1.82) is 0 Å². The number of benzene rings is 1. The van der Waals surface area contributed by atoms with Gasteiger partial charge in [-0.3, -0.25) is 4.79 Å². The van der Waals surface area contributed by atoms with Gasteiger partial charge in [0, 0.05) is 6.54 Å². The Morgan fingerprint density at radius 1 is 1.35 bits per heavy atom. The number of hydrogen-bond donors (Lipinski definition) is 1. The van der Waals surface area contributed by atoms with E-state index in [9.17, 15) is 4.79 Å². The second-order valence-corrected chi connectivity index (χ2v) is 3.37. The Bertz CT molecular complexity index is 359. The van der Waals surface area contributed by atoms with E-state index in [1.165, 1.54) is 0 Å². The van der Waals surface area contributed by atoms with Crippen molar-refractivity contribution in [2.24, 2.45) is 0 Å². The van der Waals surface area contributed by atoms with Crippen LogP contribution < -0.4 is 14.8 Å². The first kappa shape index (κ1) is 13.1. The smallest absolute Gasteiger partial charge is 0.223 e. The molecule has 1 aromatic rings. The number of amides is 1. The summed E-state index contributed by atoms with van der Waals surface area (Å²) in [5.41, 5.74) is 0. The van der Waals surface area contributed by atoms with E-state index in [0.717, 1.165) is 11.5 Å². The number of ether oxygens (including phenoxy) is 2. The van der Waals surface area contributed by atoms with Gasteiger partial charge in [-0.05, 0) is 24.3 Å².